The standard InChI is InChI=1S/C12H19N/c1-5-11-9-13(4)7-6-12(11)8-10(2)3/h5,8H,1,6-7,9H2,2-4H3. The van der Waals surface area contributed by atoms with E-state index in [1.165, 1.54) is 16.7 Å². The summed E-state index contributed by atoms with van der Waals surface area (Å²) in [5, 5.41) is 0. The second-order valence-electron chi connectivity index (χ2n) is 3.96. The van der Waals surface area contributed by atoms with Gasteiger partial charge in [-0.1, -0.05) is 24.3 Å². The van der Waals surface area contributed by atoms with Gasteiger partial charge in [0.05, 0.1) is 0 Å². The maximum Gasteiger partial charge on any atom is 0.0233 e. The fourth-order valence-electron chi connectivity index (χ4n) is 1.65. The molecule has 13 heavy (non-hydrogen) atoms. The van der Waals surface area contributed by atoms with Gasteiger partial charge in [-0.25, -0.2) is 0 Å². The fraction of sp³-hybridized carbons (Fsp3) is 0.500. The molecule has 0 aliphatic carbocycles. The zero-order valence-corrected chi connectivity index (χ0v) is 8.93. The second kappa shape index (κ2) is 4.43. The van der Waals surface area contributed by atoms with E-state index in [4.69, 9.17) is 0 Å². The first-order valence-corrected chi connectivity index (χ1v) is 4.81. The minimum atomic E-state index is 1.04. The first-order valence-electron chi connectivity index (χ1n) is 4.81. The van der Waals surface area contributed by atoms with Crippen molar-refractivity contribution in [3.8, 4) is 0 Å². The van der Waals surface area contributed by atoms with Gasteiger partial charge in [-0.2, -0.15) is 0 Å². The summed E-state index contributed by atoms with van der Waals surface area (Å²) < 4.78 is 0. The van der Waals surface area contributed by atoms with Crippen LogP contribution in [0.5, 0.6) is 0 Å². The normalized spacial score (nSPS) is 18.7. The van der Waals surface area contributed by atoms with Gasteiger partial charge < -0.3 is 4.90 Å². The van der Waals surface area contributed by atoms with Crippen LogP contribution in [0.4, 0.5) is 0 Å². The molecule has 72 valence electrons. The minimum absolute atomic E-state index is 1.04. The predicted molar refractivity (Wildman–Crippen MR) is 58.8 cm³/mol. The average molecular weight is 177 g/mol. The van der Waals surface area contributed by atoms with Gasteiger partial charge in [0.15, 0.2) is 0 Å². The third kappa shape index (κ3) is 2.85. The molecule has 0 aromatic rings. The molecule has 0 fully saturated rings. The molecule has 1 rings (SSSR count). The number of nitrogens with zero attached hydrogens (tertiary/aromatic N) is 1. The lowest BCUT2D eigenvalue weighted by atomic mass is 9.98. The molecule has 0 saturated carbocycles. The summed E-state index contributed by atoms with van der Waals surface area (Å²) in [4.78, 5) is 2.33. The minimum Gasteiger partial charge on any atom is -0.302 e. The Morgan fingerprint density at radius 3 is 2.62 bits per heavy atom. The molecule has 0 saturated heterocycles. The molecule has 0 aromatic heterocycles. The van der Waals surface area contributed by atoms with Crippen molar-refractivity contribution in [1.29, 1.82) is 0 Å². The van der Waals surface area contributed by atoms with Crippen LogP contribution in [-0.2, 0) is 0 Å². The van der Waals surface area contributed by atoms with Crippen molar-refractivity contribution in [2.75, 3.05) is 20.1 Å². The van der Waals surface area contributed by atoms with Crippen molar-refractivity contribution in [1.82, 2.24) is 4.90 Å². The van der Waals surface area contributed by atoms with Crippen molar-refractivity contribution in [2.45, 2.75) is 20.3 Å². The van der Waals surface area contributed by atoms with Crippen LogP contribution in [0.1, 0.15) is 20.3 Å². The van der Waals surface area contributed by atoms with Gasteiger partial charge >= 0.3 is 0 Å². The summed E-state index contributed by atoms with van der Waals surface area (Å²) in [7, 11) is 2.16. The highest BCUT2D eigenvalue weighted by atomic mass is 15.1. The molecule has 0 bridgehead atoms. The third-order valence-corrected chi connectivity index (χ3v) is 2.32. The van der Waals surface area contributed by atoms with Gasteiger partial charge in [0.1, 0.15) is 0 Å². The Morgan fingerprint density at radius 2 is 2.08 bits per heavy atom. The second-order valence-corrected chi connectivity index (χ2v) is 3.96. The van der Waals surface area contributed by atoms with E-state index in [0.29, 0.717) is 0 Å². The van der Waals surface area contributed by atoms with E-state index < -0.39 is 0 Å². The van der Waals surface area contributed by atoms with E-state index in [1.54, 1.807) is 0 Å². The van der Waals surface area contributed by atoms with Crippen LogP contribution in [0.15, 0.2) is 35.5 Å². The van der Waals surface area contributed by atoms with Gasteiger partial charge in [-0.05, 0) is 38.5 Å². The molecule has 0 N–H and O–H groups in total. The molecule has 1 nitrogen and oxygen atoms in total. The average Bonchev–Trinajstić information content (AvgIpc) is 2.07. The molecule has 0 amide bonds. The van der Waals surface area contributed by atoms with E-state index >= 15 is 0 Å². The van der Waals surface area contributed by atoms with Crippen molar-refractivity contribution in [3.63, 3.8) is 0 Å². The molecule has 1 heterocycles. The number of allylic oxidation sites excluding steroid dienone is 2. The number of likely N-dealkylation sites (N-methyl/N-ethyl adjacent to an activating group) is 1. The van der Waals surface area contributed by atoms with Crippen LogP contribution in [0.25, 0.3) is 0 Å². The zero-order chi connectivity index (χ0) is 9.84. The molecule has 0 atom stereocenters. The van der Waals surface area contributed by atoms with E-state index in [1.807, 2.05) is 6.08 Å². The highest BCUT2D eigenvalue weighted by Gasteiger charge is 2.11. The largest absolute Gasteiger partial charge is 0.302 e. The first-order chi connectivity index (χ1) is 6.13. The smallest absolute Gasteiger partial charge is 0.0233 e. The van der Waals surface area contributed by atoms with Crippen LogP contribution in [0.3, 0.4) is 0 Å². The lowest BCUT2D eigenvalue weighted by molar-refractivity contribution is 0.354. The molecule has 0 unspecified atom stereocenters. The van der Waals surface area contributed by atoms with Gasteiger partial charge in [0.25, 0.3) is 0 Å². The summed E-state index contributed by atoms with van der Waals surface area (Å²) in [5.41, 5.74) is 4.22. The van der Waals surface area contributed by atoms with Gasteiger partial charge in [0, 0.05) is 13.1 Å². The highest BCUT2D eigenvalue weighted by Crippen LogP contribution is 2.19. The number of hydrogen-bond acceptors (Lipinski definition) is 1. The van der Waals surface area contributed by atoms with Crippen LogP contribution in [-0.4, -0.2) is 25.0 Å². The Morgan fingerprint density at radius 1 is 1.38 bits per heavy atom. The Kier molecular flexibility index (Phi) is 3.49. The summed E-state index contributed by atoms with van der Waals surface area (Å²) in [6.45, 7) is 10.4. The van der Waals surface area contributed by atoms with Crippen molar-refractivity contribution < 1.29 is 0 Å². The zero-order valence-electron chi connectivity index (χ0n) is 8.93. The molecular formula is C12H19N. The molecule has 1 aliphatic heterocycles. The molecular weight excluding hydrogens is 158 g/mol. The van der Waals surface area contributed by atoms with Crippen LogP contribution in [0, 0.1) is 0 Å². The monoisotopic (exact) mass is 177 g/mol. The van der Waals surface area contributed by atoms with Gasteiger partial charge in [-0.3, -0.25) is 0 Å². The molecule has 0 spiro atoms. The molecule has 1 heteroatoms. The maximum atomic E-state index is 3.86. The van der Waals surface area contributed by atoms with E-state index in [9.17, 15) is 0 Å². The fourth-order valence-corrected chi connectivity index (χ4v) is 1.65. The van der Waals surface area contributed by atoms with E-state index in [0.717, 1.165) is 19.5 Å². The number of rotatable bonds is 2. The Labute approximate surface area is 81.4 Å². The summed E-state index contributed by atoms with van der Waals surface area (Å²) >= 11 is 0. The van der Waals surface area contributed by atoms with E-state index in [-0.39, 0.29) is 0 Å². The molecule has 0 radical (unpaired) electrons. The van der Waals surface area contributed by atoms with Crippen molar-refractivity contribution in [3.05, 3.63) is 35.5 Å². The summed E-state index contributed by atoms with van der Waals surface area (Å²) in [6, 6.07) is 0. The van der Waals surface area contributed by atoms with E-state index in [2.05, 4.69) is 38.5 Å². The predicted octanol–water partition coefficient (Wildman–Crippen LogP) is 2.77. The third-order valence-electron chi connectivity index (χ3n) is 2.32. The Bertz CT molecular complexity index is 254. The summed E-state index contributed by atoms with van der Waals surface area (Å²) in [6.07, 6.45) is 5.43. The first kappa shape index (κ1) is 10.3. The number of hydrogen-bond donors (Lipinski definition) is 0. The van der Waals surface area contributed by atoms with Gasteiger partial charge in [-0.15, -0.1) is 0 Å². The van der Waals surface area contributed by atoms with Crippen molar-refractivity contribution >= 4 is 0 Å². The Hall–Kier alpha value is -0.820. The highest BCUT2D eigenvalue weighted by molar-refractivity contribution is 5.36. The lowest BCUT2D eigenvalue weighted by Crippen LogP contribution is -2.27. The van der Waals surface area contributed by atoms with Crippen LogP contribution in [0.2, 0.25) is 0 Å². The Balaban J connectivity index is 2.89. The summed E-state index contributed by atoms with van der Waals surface area (Å²) in [5.74, 6) is 0. The maximum absolute atomic E-state index is 3.86. The van der Waals surface area contributed by atoms with Crippen molar-refractivity contribution in [2.24, 2.45) is 0 Å². The van der Waals surface area contributed by atoms with Crippen LogP contribution >= 0.6 is 0 Å². The van der Waals surface area contributed by atoms with Gasteiger partial charge in [0.2, 0.25) is 0 Å². The molecule has 1 aliphatic rings. The van der Waals surface area contributed by atoms with Crippen LogP contribution < -0.4 is 0 Å². The molecule has 0 aromatic carbocycles. The lowest BCUT2D eigenvalue weighted by Gasteiger charge is -2.25. The SMILES string of the molecule is C=CC1=C(C=C(C)C)CCN(C)C1. The topological polar surface area (TPSA) is 3.24 Å². The quantitative estimate of drug-likeness (QED) is 0.627.